The first kappa shape index (κ1) is 13.3. The van der Waals surface area contributed by atoms with Crippen molar-refractivity contribution < 1.29 is 9.71 Å². The second-order valence-corrected chi connectivity index (χ2v) is 4.89. The summed E-state index contributed by atoms with van der Waals surface area (Å²) in [6, 6.07) is 12.2. The number of hydrogen-bond acceptors (Lipinski definition) is 0. The number of rotatable bonds is 4. The first-order chi connectivity index (χ1) is 8.65. The van der Waals surface area contributed by atoms with Crippen LogP contribution in [0.1, 0.15) is 11.1 Å². The van der Waals surface area contributed by atoms with Crippen molar-refractivity contribution in [1.82, 2.24) is 0 Å². The topological polar surface area (TPSA) is 16.6 Å². The Labute approximate surface area is 116 Å². The zero-order chi connectivity index (χ0) is 13.0. The number of hydrogen-bond donors (Lipinski definition) is 1. The molecule has 4 heteroatoms. The number of halogens is 3. The summed E-state index contributed by atoms with van der Waals surface area (Å²) in [7, 11) is 0. The highest BCUT2D eigenvalue weighted by molar-refractivity contribution is 6.41. The molecule has 0 radical (unpaired) electrons. The molecule has 0 aliphatic carbocycles. The molecule has 1 nitrogen and oxygen atoms in total. The van der Waals surface area contributed by atoms with E-state index in [0.29, 0.717) is 10.0 Å². The van der Waals surface area contributed by atoms with Gasteiger partial charge < -0.3 is 5.32 Å². The molecule has 0 fully saturated rings. The zero-order valence-corrected chi connectivity index (χ0v) is 11.2. The molecule has 0 saturated heterocycles. The van der Waals surface area contributed by atoms with Gasteiger partial charge in [0.1, 0.15) is 18.9 Å². The fourth-order valence-electron chi connectivity index (χ4n) is 1.69. The van der Waals surface area contributed by atoms with Crippen LogP contribution in [0.25, 0.3) is 0 Å². The molecule has 2 rings (SSSR count). The van der Waals surface area contributed by atoms with E-state index in [0.717, 1.165) is 24.2 Å². The lowest BCUT2D eigenvalue weighted by atomic mass is 10.2. The fraction of sp³-hybridized carbons (Fsp3) is 0.143. The van der Waals surface area contributed by atoms with Crippen molar-refractivity contribution in [2.45, 2.75) is 13.1 Å². The molecule has 18 heavy (non-hydrogen) atoms. The third-order valence-electron chi connectivity index (χ3n) is 2.66. The van der Waals surface area contributed by atoms with Crippen molar-refractivity contribution in [3.8, 4) is 0 Å². The first-order valence-electron chi connectivity index (χ1n) is 5.65. The maximum Gasteiger partial charge on any atom is 0.123 e. The van der Waals surface area contributed by atoms with Crippen LogP contribution < -0.4 is 5.32 Å². The SMILES string of the molecule is Fc1ccc(C[NH2+]Cc2ccc(Cl)c(Cl)c2)cc1. The van der Waals surface area contributed by atoms with Gasteiger partial charge in [0.25, 0.3) is 0 Å². The van der Waals surface area contributed by atoms with Gasteiger partial charge in [-0.1, -0.05) is 41.4 Å². The Hall–Kier alpha value is -1.09. The summed E-state index contributed by atoms with van der Waals surface area (Å²) in [5.74, 6) is -0.205. The van der Waals surface area contributed by atoms with Gasteiger partial charge in [-0.3, -0.25) is 0 Å². The van der Waals surface area contributed by atoms with E-state index in [1.165, 1.54) is 12.1 Å². The van der Waals surface area contributed by atoms with Crippen LogP contribution in [-0.2, 0) is 13.1 Å². The Morgan fingerprint density at radius 2 is 1.44 bits per heavy atom. The van der Waals surface area contributed by atoms with Crippen LogP contribution >= 0.6 is 23.2 Å². The average Bonchev–Trinajstić information content (AvgIpc) is 2.36. The van der Waals surface area contributed by atoms with Crippen LogP contribution in [0.5, 0.6) is 0 Å². The molecular weight excluding hydrogens is 272 g/mol. The van der Waals surface area contributed by atoms with Gasteiger partial charge in [0.05, 0.1) is 10.0 Å². The molecule has 0 aromatic heterocycles. The third kappa shape index (κ3) is 3.70. The molecule has 0 aliphatic rings. The van der Waals surface area contributed by atoms with E-state index in [2.05, 4.69) is 5.32 Å². The molecule has 0 aliphatic heterocycles. The van der Waals surface area contributed by atoms with Gasteiger partial charge in [0, 0.05) is 11.1 Å². The largest absolute Gasteiger partial charge is 0.339 e. The van der Waals surface area contributed by atoms with Crippen molar-refractivity contribution in [3.05, 3.63) is 69.5 Å². The molecule has 0 amide bonds. The van der Waals surface area contributed by atoms with E-state index < -0.39 is 0 Å². The minimum atomic E-state index is -0.205. The van der Waals surface area contributed by atoms with Gasteiger partial charge in [-0.25, -0.2) is 4.39 Å². The Morgan fingerprint density at radius 1 is 0.833 bits per heavy atom. The smallest absolute Gasteiger partial charge is 0.123 e. The zero-order valence-electron chi connectivity index (χ0n) is 9.67. The summed E-state index contributed by atoms with van der Waals surface area (Å²) in [6.45, 7) is 1.62. The molecule has 2 aromatic rings. The molecule has 94 valence electrons. The second-order valence-electron chi connectivity index (χ2n) is 4.07. The van der Waals surface area contributed by atoms with Gasteiger partial charge in [-0.15, -0.1) is 0 Å². The van der Waals surface area contributed by atoms with Crippen LogP contribution in [0.15, 0.2) is 42.5 Å². The minimum Gasteiger partial charge on any atom is -0.339 e. The quantitative estimate of drug-likeness (QED) is 0.886. The van der Waals surface area contributed by atoms with Gasteiger partial charge in [-0.05, 0) is 24.3 Å². The second kappa shape index (κ2) is 6.19. The Bertz CT molecular complexity index is 526. The molecule has 2 N–H and O–H groups in total. The van der Waals surface area contributed by atoms with Crippen molar-refractivity contribution in [3.63, 3.8) is 0 Å². The maximum absolute atomic E-state index is 12.7. The van der Waals surface area contributed by atoms with Crippen LogP contribution in [-0.4, -0.2) is 0 Å². The Balaban J connectivity index is 1.88. The van der Waals surface area contributed by atoms with Crippen LogP contribution in [0.3, 0.4) is 0 Å². The van der Waals surface area contributed by atoms with Crippen molar-refractivity contribution in [2.24, 2.45) is 0 Å². The standard InChI is InChI=1S/C14H12Cl2FN/c15-13-6-3-11(7-14(13)16)9-18-8-10-1-4-12(17)5-2-10/h1-7,18H,8-9H2/p+1. The van der Waals surface area contributed by atoms with Gasteiger partial charge >= 0.3 is 0 Å². The van der Waals surface area contributed by atoms with Crippen LogP contribution in [0, 0.1) is 5.82 Å². The molecule has 0 saturated carbocycles. The average molecular weight is 285 g/mol. The Kier molecular flexibility index (Phi) is 4.59. The monoisotopic (exact) mass is 284 g/mol. The third-order valence-corrected chi connectivity index (χ3v) is 3.40. The van der Waals surface area contributed by atoms with E-state index in [1.54, 1.807) is 18.2 Å². The fourth-order valence-corrected chi connectivity index (χ4v) is 2.01. The number of nitrogens with two attached hydrogens (primary N) is 1. The summed E-state index contributed by atoms with van der Waals surface area (Å²) in [4.78, 5) is 0. The van der Waals surface area contributed by atoms with E-state index >= 15 is 0 Å². The molecule has 0 atom stereocenters. The highest BCUT2D eigenvalue weighted by Crippen LogP contribution is 2.22. The van der Waals surface area contributed by atoms with Gasteiger partial charge in [-0.2, -0.15) is 0 Å². The number of benzene rings is 2. The van der Waals surface area contributed by atoms with Crippen molar-refractivity contribution in [2.75, 3.05) is 0 Å². The van der Waals surface area contributed by atoms with Gasteiger partial charge in [0.2, 0.25) is 0 Å². The molecule has 2 aromatic carbocycles. The lowest BCUT2D eigenvalue weighted by molar-refractivity contribution is -0.686. The lowest BCUT2D eigenvalue weighted by Crippen LogP contribution is -2.80. The minimum absolute atomic E-state index is 0.205. The summed E-state index contributed by atoms with van der Waals surface area (Å²) >= 11 is 11.8. The van der Waals surface area contributed by atoms with Crippen molar-refractivity contribution in [1.29, 1.82) is 0 Å². The van der Waals surface area contributed by atoms with E-state index in [-0.39, 0.29) is 5.82 Å². The number of quaternary nitrogens is 1. The highest BCUT2D eigenvalue weighted by Gasteiger charge is 2.01. The van der Waals surface area contributed by atoms with Crippen molar-refractivity contribution >= 4 is 23.2 Å². The van der Waals surface area contributed by atoms with Crippen LogP contribution in [0.4, 0.5) is 4.39 Å². The van der Waals surface area contributed by atoms with Gasteiger partial charge in [0.15, 0.2) is 0 Å². The summed E-state index contributed by atoms with van der Waals surface area (Å²) < 4.78 is 12.7. The van der Waals surface area contributed by atoms with E-state index in [4.69, 9.17) is 23.2 Å². The van der Waals surface area contributed by atoms with Crippen LogP contribution in [0.2, 0.25) is 10.0 Å². The predicted molar refractivity (Wildman–Crippen MR) is 72.2 cm³/mol. The lowest BCUT2D eigenvalue weighted by Gasteiger charge is -2.03. The first-order valence-corrected chi connectivity index (χ1v) is 6.41. The maximum atomic E-state index is 12.7. The van der Waals surface area contributed by atoms with E-state index in [9.17, 15) is 4.39 Å². The molecule has 0 spiro atoms. The van der Waals surface area contributed by atoms with E-state index in [1.807, 2.05) is 12.1 Å². The highest BCUT2D eigenvalue weighted by atomic mass is 35.5. The predicted octanol–water partition coefficient (Wildman–Crippen LogP) is 3.40. The Morgan fingerprint density at radius 3 is 2.11 bits per heavy atom. The normalized spacial score (nSPS) is 10.6. The molecule has 0 heterocycles. The summed E-state index contributed by atoms with van der Waals surface area (Å²) in [6.07, 6.45) is 0. The molecular formula is C14H13Cl2FN+. The summed E-state index contributed by atoms with van der Waals surface area (Å²) in [5, 5.41) is 3.27. The molecule has 0 bridgehead atoms. The molecule has 0 unspecified atom stereocenters. The summed E-state index contributed by atoms with van der Waals surface area (Å²) in [5.41, 5.74) is 2.21.